The number of aromatic amines is 1. The Morgan fingerprint density at radius 3 is 2.56 bits per heavy atom. The topological polar surface area (TPSA) is 138 Å². The third kappa shape index (κ3) is 3.67. The highest BCUT2D eigenvalue weighted by atomic mass is 32.2. The molecule has 0 saturated carbocycles. The Morgan fingerprint density at radius 2 is 1.92 bits per heavy atom. The van der Waals surface area contributed by atoms with Gasteiger partial charge in [0, 0.05) is 5.75 Å². The molecule has 1 aromatic carbocycles. The minimum atomic E-state index is -1.46. The van der Waals surface area contributed by atoms with Gasteiger partial charge in [-0.15, -0.1) is 0 Å². The van der Waals surface area contributed by atoms with Crippen molar-refractivity contribution >= 4 is 11.8 Å². The summed E-state index contributed by atoms with van der Waals surface area (Å²) in [5.41, 5.74) is -0.544. The van der Waals surface area contributed by atoms with Gasteiger partial charge in [-0.2, -0.15) is 9.78 Å². The number of benzene rings is 1. The quantitative estimate of drug-likeness (QED) is 0.485. The van der Waals surface area contributed by atoms with E-state index in [0.29, 0.717) is 5.75 Å². The summed E-state index contributed by atoms with van der Waals surface area (Å²) in [6, 6.07) is 9.40. The smallest absolute Gasteiger partial charge is 0.347 e. The molecule has 1 fully saturated rings. The molecule has 1 saturated heterocycles. The second-order valence-electron chi connectivity index (χ2n) is 5.51. The normalized spacial score (nSPS) is 26.0. The van der Waals surface area contributed by atoms with Crippen molar-refractivity contribution in [2.45, 2.75) is 35.3 Å². The summed E-state index contributed by atoms with van der Waals surface area (Å²) in [5, 5.41) is 32.9. The van der Waals surface area contributed by atoms with Gasteiger partial charge < -0.3 is 20.1 Å². The van der Waals surface area contributed by atoms with Crippen molar-refractivity contribution < 1.29 is 20.1 Å². The highest BCUT2D eigenvalue weighted by Crippen LogP contribution is 2.28. The lowest BCUT2D eigenvalue weighted by atomic mass is 10.1. The molecule has 1 aliphatic heterocycles. The summed E-state index contributed by atoms with van der Waals surface area (Å²) in [7, 11) is 0. The zero-order valence-electron chi connectivity index (χ0n) is 13.0. The third-order valence-corrected chi connectivity index (χ3v) is 4.82. The van der Waals surface area contributed by atoms with E-state index in [9.17, 15) is 19.8 Å². The second-order valence-corrected chi connectivity index (χ2v) is 6.48. The van der Waals surface area contributed by atoms with E-state index in [1.807, 2.05) is 30.3 Å². The molecule has 0 bridgehead atoms. The Kier molecular flexibility index (Phi) is 5.35. The number of rotatable bonds is 5. The predicted molar refractivity (Wildman–Crippen MR) is 88.1 cm³/mol. The Bertz CT molecular complexity index is 839. The fraction of sp³-hybridized carbons (Fsp3) is 0.400. The SMILES string of the molecule is O=c1[nH]c(=O)n([C@H]2O[C@@H](CO)[C@@H](O)[C@H]2O)nc1SCc1ccccc1. The fourth-order valence-corrected chi connectivity index (χ4v) is 3.30. The summed E-state index contributed by atoms with van der Waals surface area (Å²) < 4.78 is 6.05. The first kappa shape index (κ1) is 17.8. The first-order valence-corrected chi connectivity index (χ1v) is 8.52. The van der Waals surface area contributed by atoms with Crippen molar-refractivity contribution in [2.75, 3.05) is 6.61 Å². The molecule has 0 spiro atoms. The molecular formula is C15H17N3O6S. The summed E-state index contributed by atoms with van der Waals surface area (Å²) >= 11 is 1.13. The molecular weight excluding hydrogens is 350 g/mol. The molecule has 4 atom stereocenters. The van der Waals surface area contributed by atoms with Crippen molar-refractivity contribution in [1.82, 2.24) is 14.8 Å². The number of aliphatic hydroxyl groups excluding tert-OH is 3. The van der Waals surface area contributed by atoms with Crippen molar-refractivity contribution in [2.24, 2.45) is 0 Å². The van der Waals surface area contributed by atoms with E-state index >= 15 is 0 Å². The predicted octanol–water partition coefficient (Wildman–Crippen LogP) is -1.16. The zero-order chi connectivity index (χ0) is 18.0. The van der Waals surface area contributed by atoms with Crippen LogP contribution in [-0.2, 0) is 10.5 Å². The van der Waals surface area contributed by atoms with E-state index in [1.165, 1.54) is 0 Å². The largest absolute Gasteiger partial charge is 0.394 e. The number of hydrogen-bond donors (Lipinski definition) is 4. The number of aromatic nitrogens is 3. The molecule has 1 aliphatic rings. The van der Waals surface area contributed by atoms with E-state index in [-0.39, 0.29) is 5.03 Å². The standard InChI is InChI=1S/C15H17N3O6S/c19-6-9-10(20)11(21)14(24-9)18-15(23)16-12(22)13(17-18)25-7-8-4-2-1-3-5-8/h1-5,9-11,14,19-21H,6-7H2,(H,16,22,23)/t9-,10+,11+,14-/m0/s1. The van der Waals surface area contributed by atoms with Crippen LogP contribution >= 0.6 is 11.8 Å². The monoisotopic (exact) mass is 367 g/mol. The van der Waals surface area contributed by atoms with E-state index in [4.69, 9.17) is 9.84 Å². The second kappa shape index (κ2) is 7.50. The average molecular weight is 367 g/mol. The Morgan fingerprint density at radius 1 is 1.20 bits per heavy atom. The molecule has 0 unspecified atom stereocenters. The first-order valence-electron chi connectivity index (χ1n) is 7.53. The molecule has 4 N–H and O–H groups in total. The number of H-pyrrole nitrogens is 1. The molecule has 0 aliphatic carbocycles. The van der Waals surface area contributed by atoms with Gasteiger partial charge in [0.1, 0.15) is 18.3 Å². The van der Waals surface area contributed by atoms with Gasteiger partial charge in [-0.05, 0) is 5.56 Å². The van der Waals surface area contributed by atoms with Gasteiger partial charge in [-0.3, -0.25) is 9.78 Å². The molecule has 9 nitrogen and oxygen atoms in total. The van der Waals surface area contributed by atoms with Gasteiger partial charge in [0.15, 0.2) is 11.3 Å². The van der Waals surface area contributed by atoms with Crippen LogP contribution in [0.1, 0.15) is 11.8 Å². The maximum absolute atomic E-state index is 12.0. The van der Waals surface area contributed by atoms with Gasteiger partial charge in [0.05, 0.1) is 6.61 Å². The molecule has 2 aromatic rings. The van der Waals surface area contributed by atoms with Crippen molar-refractivity contribution in [3.63, 3.8) is 0 Å². The lowest BCUT2D eigenvalue weighted by Crippen LogP contribution is -2.40. The number of hydrogen-bond acceptors (Lipinski definition) is 8. The molecule has 134 valence electrons. The van der Waals surface area contributed by atoms with E-state index in [0.717, 1.165) is 22.0 Å². The van der Waals surface area contributed by atoms with Gasteiger partial charge in [0.25, 0.3) is 5.56 Å². The summed E-state index contributed by atoms with van der Waals surface area (Å²) in [5.74, 6) is 0.463. The molecule has 25 heavy (non-hydrogen) atoms. The van der Waals surface area contributed by atoms with E-state index < -0.39 is 42.4 Å². The Hall–Kier alpha value is -1.98. The summed E-state index contributed by atoms with van der Waals surface area (Å²) in [6.45, 7) is -0.525. The van der Waals surface area contributed by atoms with Crippen LogP contribution in [0.15, 0.2) is 44.9 Å². The first-order chi connectivity index (χ1) is 12.0. The fourth-order valence-electron chi connectivity index (χ4n) is 2.47. The van der Waals surface area contributed by atoms with Crippen LogP contribution in [0.3, 0.4) is 0 Å². The number of aliphatic hydroxyl groups is 3. The van der Waals surface area contributed by atoms with Gasteiger partial charge in [-0.25, -0.2) is 4.79 Å². The minimum Gasteiger partial charge on any atom is -0.394 e. The van der Waals surface area contributed by atoms with E-state index in [2.05, 4.69) is 10.1 Å². The third-order valence-electron chi connectivity index (χ3n) is 3.80. The average Bonchev–Trinajstić information content (AvgIpc) is 2.90. The Labute approximate surface area is 145 Å². The zero-order valence-corrected chi connectivity index (χ0v) is 13.8. The minimum absolute atomic E-state index is 0.0289. The van der Waals surface area contributed by atoms with Crippen LogP contribution in [0.2, 0.25) is 0 Å². The maximum atomic E-state index is 12.0. The number of nitrogens with zero attached hydrogens (tertiary/aromatic N) is 2. The van der Waals surface area contributed by atoms with E-state index in [1.54, 1.807) is 0 Å². The van der Waals surface area contributed by atoms with Crippen LogP contribution in [0.4, 0.5) is 0 Å². The molecule has 10 heteroatoms. The van der Waals surface area contributed by atoms with Crippen molar-refractivity contribution in [3.05, 3.63) is 56.7 Å². The lowest BCUT2D eigenvalue weighted by Gasteiger charge is -2.16. The van der Waals surface area contributed by atoms with Crippen molar-refractivity contribution in [1.29, 1.82) is 0 Å². The number of ether oxygens (including phenoxy) is 1. The Balaban J connectivity index is 1.86. The molecule has 2 heterocycles. The van der Waals surface area contributed by atoms with Crippen LogP contribution in [0.5, 0.6) is 0 Å². The molecule has 1 aromatic heterocycles. The van der Waals surface area contributed by atoms with Gasteiger partial charge in [-0.1, -0.05) is 42.1 Å². The van der Waals surface area contributed by atoms with Crippen LogP contribution in [0, 0.1) is 0 Å². The highest BCUT2D eigenvalue weighted by Gasteiger charge is 2.44. The van der Waals surface area contributed by atoms with Gasteiger partial charge >= 0.3 is 5.69 Å². The van der Waals surface area contributed by atoms with Crippen LogP contribution < -0.4 is 11.2 Å². The molecule has 0 amide bonds. The van der Waals surface area contributed by atoms with Gasteiger partial charge in [0.2, 0.25) is 0 Å². The van der Waals surface area contributed by atoms with Crippen LogP contribution in [0.25, 0.3) is 0 Å². The summed E-state index contributed by atoms with van der Waals surface area (Å²) in [6.07, 6.45) is -5.16. The molecule has 3 rings (SSSR count). The summed E-state index contributed by atoms with van der Waals surface area (Å²) in [4.78, 5) is 26.1. The number of thioether (sulfide) groups is 1. The molecule has 0 radical (unpaired) electrons. The van der Waals surface area contributed by atoms with Crippen molar-refractivity contribution in [3.8, 4) is 0 Å². The maximum Gasteiger partial charge on any atom is 0.347 e. The van der Waals surface area contributed by atoms with Crippen LogP contribution in [-0.4, -0.2) is 55.0 Å². The number of nitrogens with one attached hydrogen (secondary N) is 1. The lowest BCUT2D eigenvalue weighted by molar-refractivity contribution is -0.0627. The highest BCUT2D eigenvalue weighted by molar-refractivity contribution is 7.98.